The van der Waals surface area contributed by atoms with Crippen molar-refractivity contribution in [2.45, 2.75) is 27.7 Å². The highest BCUT2D eigenvalue weighted by molar-refractivity contribution is 5.44. The number of azo groups is 1. The fraction of sp³-hybridized carbons (Fsp3) is 0.316. The van der Waals surface area contributed by atoms with Crippen LogP contribution in [0.4, 0.5) is 11.4 Å². The molecular formula is C19H22N6O3. The molecule has 9 heteroatoms. The molecule has 0 aliphatic carbocycles. The van der Waals surface area contributed by atoms with Gasteiger partial charge in [-0.1, -0.05) is 0 Å². The van der Waals surface area contributed by atoms with E-state index in [1.54, 1.807) is 38.3 Å². The van der Waals surface area contributed by atoms with E-state index in [2.05, 4.69) is 25.3 Å². The summed E-state index contributed by atoms with van der Waals surface area (Å²) in [6.45, 7) is 7.80. The highest BCUT2D eigenvalue weighted by atomic mass is 16.5. The van der Waals surface area contributed by atoms with E-state index in [-0.39, 0.29) is 17.2 Å². The molecule has 0 fully saturated rings. The average molecular weight is 382 g/mol. The highest BCUT2D eigenvalue weighted by Gasteiger charge is 2.17. The summed E-state index contributed by atoms with van der Waals surface area (Å²) >= 11 is 0. The number of benzene rings is 1. The van der Waals surface area contributed by atoms with Gasteiger partial charge in [-0.25, -0.2) is 4.98 Å². The maximum atomic E-state index is 12.8. The smallest absolute Gasteiger partial charge is 0.301 e. The van der Waals surface area contributed by atoms with Crippen LogP contribution in [-0.4, -0.2) is 33.5 Å². The summed E-state index contributed by atoms with van der Waals surface area (Å²) in [6.07, 6.45) is 0. The van der Waals surface area contributed by atoms with E-state index < -0.39 is 0 Å². The molecule has 0 spiro atoms. The number of H-pyrrole nitrogens is 1. The quantitative estimate of drug-likeness (QED) is 0.654. The Morgan fingerprint density at radius 3 is 2.46 bits per heavy atom. The molecule has 0 amide bonds. The van der Waals surface area contributed by atoms with Gasteiger partial charge in [0.15, 0.2) is 5.69 Å². The zero-order valence-electron chi connectivity index (χ0n) is 16.5. The fourth-order valence-electron chi connectivity index (χ4n) is 2.52. The molecule has 9 nitrogen and oxygen atoms in total. The summed E-state index contributed by atoms with van der Waals surface area (Å²) in [5, 5.41) is 11.2. The van der Waals surface area contributed by atoms with Crippen LogP contribution >= 0.6 is 0 Å². The lowest BCUT2D eigenvalue weighted by molar-refractivity contribution is 0.322. The van der Waals surface area contributed by atoms with Gasteiger partial charge in [0.2, 0.25) is 5.88 Å². The topological polar surface area (TPSA) is 107 Å². The highest BCUT2D eigenvalue weighted by Crippen LogP contribution is 2.22. The van der Waals surface area contributed by atoms with Gasteiger partial charge in [-0.15, -0.1) is 5.11 Å². The van der Waals surface area contributed by atoms with E-state index in [0.717, 1.165) is 17.0 Å². The molecule has 1 aromatic carbocycles. The van der Waals surface area contributed by atoms with Crippen molar-refractivity contribution in [3.05, 3.63) is 51.6 Å². The molecule has 0 aliphatic rings. The Morgan fingerprint density at radius 2 is 1.82 bits per heavy atom. The average Bonchev–Trinajstić information content (AvgIpc) is 2.98. The first kappa shape index (κ1) is 19.3. The van der Waals surface area contributed by atoms with E-state index in [9.17, 15) is 4.79 Å². The molecule has 2 aromatic heterocycles. The van der Waals surface area contributed by atoms with Crippen LogP contribution in [0.2, 0.25) is 0 Å². The fourth-order valence-corrected chi connectivity index (χ4v) is 2.52. The molecule has 0 saturated heterocycles. The minimum absolute atomic E-state index is 0.190. The first-order valence-electron chi connectivity index (χ1n) is 8.80. The number of rotatable bonds is 6. The number of hydrogen-bond donors (Lipinski definition) is 1. The third-order valence-electron chi connectivity index (χ3n) is 4.19. The van der Waals surface area contributed by atoms with Crippen LogP contribution in [0, 0.1) is 20.8 Å². The lowest BCUT2D eigenvalue weighted by Gasteiger charge is -2.10. The second-order valence-electron chi connectivity index (χ2n) is 6.10. The molecule has 0 atom stereocenters. The predicted octanol–water partition coefficient (Wildman–Crippen LogP) is 3.70. The van der Waals surface area contributed by atoms with Crippen molar-refractivity contribution in [1.82, 2.24) is 19.7 Å². The normalized spacial score (nSPS) is 11.2. The van der Waals surface area contributed by atoms with Gasteiger partial charge >= 0.3 is 5.56 Å². The number of nitrogens with zero attached hydrogens (tertiary/aromatic N) is 5. The maximum Gasteiger partial charge on any atom is 0.301 e. The second kappa shape index (κ2) is 8.03. The van der Waals surface area contributed by atoms with Crippen LogP contribution in [0.1, 0.15) is 23.9 Å². The molecule has 1 N–H and O–H groups in total. The van der Waals surface area contributed by atoms with Crippen LogP contribution in [0.3, 0.4) is 0 Å². The van der Waals surface area contributed by atoms with E-state index >= 15 is 0 Å². The standard InChI is InChI=1S/C19H22N6O3/c1-6-28-17-11(2)12(3)20-19(21-17)25-18(26)16(13(4)24-25)23-22-14-7-9-15(27-5)10-8-14/h7-10,24H,6H2,1-5H3. The van der Waals surface area contributed by atoms with Gasteiger partial charge in [-0.3, -0.25) is 9.89 Å². The summed E-state index contributed by atoms with van der Waals surface area (Å²) in [6, 6.07) is 7.05. The minimum Gasteiger partial charge on any atom is -0.497 e. The number of aryl methyl sites for hydroxylation is 2. The van der Waals surface area contributed by atoms with Crippen LogP contribution < -0.4 is 15.0 Å². The minimum atomic E-state index is -0.388. The Morgan fingerprint density at radius 1 is 1.11 bits per heavy atom. The Bertz CT molecular complexity index is 1070. The number of nitrogens with one attached hydrogen (secondary N) is 1. The largest absolute Gasteiger partial charge is 0.497 e. The van der Waals surface area contributed by atoms with Crippen molar-refractivity contribution in [2.75, 3.05) is 13.7 Å². The molecule has 0 bridgehead atoms. The van der Waals surface area contributed by atoms with Crippen molar-refractivity contribution in [1.29, 1.82) is 0 Å². The van der Waals surface area contributed by atoms with Gasteiger partial charge in [-0.2, -0.15) is 14.8 Å². The van der Waals surface area contributed by atoms with E-state index in [0.29, 0.717) is 23.9 Å². The van der Waals surface area contributed by atoms with Gasteiger partial charge in [0, 0.05) is 11.3 Å². The van der Waals surface area contributed by atoms with Gasteiger partial charge in [0.05, 0.1) is 25.1 Å². The van der Waals surface area contributed by atoms with Gasteiger partial charge < -0.3 is 9.47 Å². The van der Waals surface area contributed by atoms with E-state index in [1.807, 2.05) is 20.8 Å². The van der Waals surface area contributed by atoms with Crippen LogP contribution in [0.5, 0.6) is 11.6 Å². The van der Waals surface area contributed by atoms with Crippen molar-refractivity contribution < 1.29 is 9.47 Å². The third kappa shape index (κ3) is 3.78. The first-order valence-corrected chi connectivity index (χ1v) is 8.80. The summed E-state index contributed by atoms with van der Waals surface area (Å²) in [5.41, 5.74) is 2.53. The van der Waals surface area contributed by atoms with Crippen LogP contribution in [0.15, 0.2) is 39.3 Å². The molecule has 0 radical (unpaired) electrons. The molecule has 28 heavy (non-hydrogen) atoms. The number of aromatic amines is 1. The first-order chi connectivity index (χ1) is 13.4. The Hall–Kier alpha value is -3.49. The van der Waals surface area contributed by atoms with Gasteiger partial charge in [0.1, 0.15) is 5.75 Å². The SMILES string of the molecule is CCOc1nc(-n2[nH]c(C)c(N=Nc3ccc(OC)cc3)c2=O)nc(C)c1C. The van der Waals surface area contributed by atoms with Crippen LogP contribution in [-0.2, 0) is 0 Å². The number of hydrogen-bond acceptors (Lipinski definition) is 7. The van der Waals surface area contributed by atoms with Crippen molar-refractivity contribution in [3.8, 4) is 17.6 Å². The molecule has 3 rings (SSSR count). The van der Waals surface area contributed by atoms with Gasteiger partial charge in [0.25, 0.3) is 5.95 Å². The lowest BCUT2D eigenvalue weighted by Crippen LogP contribution is -2.18. The molecule has 146 valence electrons. The molecule has 0 aliphatic heterocycles. The Balaban J connectivity index is 1.98. The summed E-state index contributed by atoms with van der Waals surface area (Å²) < 4.78 is 11.9. The van der Waals surface area contributed by atoms with E-state index in [4.69, 9.17) is 9.47 Å². The molecule has 2 heterocycles. The summed E-state index contributed by atoms with van der Waals surface area (Å²) in [5.74, 6) is 1.37. The number of methoxy groups -OCH3 is 1. The number of ether oxygens (including phenoxy) is 2. The summed E-state index contributed by atoms with van der Waals surface area (Å²) in [7, 11) is 1.59. The van der Waals surface area contributed by atoms with Crippen LogP contribution in [0.25, 0.3) is 5.95 Å². The molecule has 3 aromatic rings. The Labute approximate surface area is 162 Å². The zero-order valence-corrected chi connectivity index (χ0v) is 16.5. The lowest BCUT2D eigenvalue weighted by atomic mass is 10.2. The molecular weight excluding hydrogens is 360 g/mol. The number of aromatic nitrogens is 4. The summed E-state index contributed by atoms with van der Waals surface area (Å²) in [4.78, 5) is 21.6. The molecule has 0 saturated carbocycles. The Kier molecular flexibility index (Phi) is 5.53. The van der Waals surface area contributed by atoms with Crippen molar-refractivity contribution in [2.24, 2.45) is 10.2 Å². The van der Waals surface area contributed by atoms with E-state index in [1.165, 1.54) is 4.68 Å². The second-order valence-corrected chi connectivity index (χ2v) is 6.10. The van der Waals surface area contributed by atoms with Gasteiger partial charge in [-0.05, 0) is 52.0 Å². The van der Waals surface area contributed by atoms with Crippen molar-refractivity contribution in [3.63, 3.8) is 0 Å². The predicted molar refractivity (Wildman–Crippen MR) is 105 cm³/mol. The zero-order chi connectivity index (χ0) is 20.3. The maximum absolute atomic E-state index is 12.8. The molecule has 0 unspecified atom stereocenters. The third-order valence-corrected chi connectivity index (χ3v) is 4.19. The van der Waals surface area contributed by atoms with Crippen molar-refractivity contribution >= 4 is 11.4 Å². The monoisotopic (exact) mass is 382 g/mol.